The number of aryl methyl sites for hydroxylation is 1. The van der Waals surface area contributed by atoms with Crippen LogP contribution in [0.25, 0.3) is 10.9 Å². The number of alkyl halides is 3. The average molecular weight is 513 g/mol. The van der Waals surface area contributed by atoms with Crippen molar-refractivity contribution < 1.29 is 26.0 Å². The molecule has 0 bridgehead atoms. The SMILES string of the molecule is Cc1[nH]c(C(Nc2ccc3cc(C(F)(F)F)ccc3n2)c2ccc(F)c(Cl)c2)nc1S(C)(=O)=O. The Labute approximate surface area is 196 Å². The number of hydrogen-bond donors (Lipinski definition) is 2. The van der Waals surface area contributed by atoms with E-state index in [4.69, 9.17) is 11.6 Å². The third-order valence-electron chi connectivity index (χ3n) is 5.07. The van der Waals surface area contributed by atoms with Gasteiger partial charge in [0.1, 0.15) is 23.5 Å². The Hall–Kier alpha value is -3.18. The molecule has 34 heavy (non-hydrogen) atoms. The van der Waals surface area contributed by atoms with Gasteiger partial charge in [-0.3, -0.25) is 0 Å². The lowest BCUT2D eigenvalue weighted by Crippen LogP contribution is -2.15. The second kappa shape index (κ2) is 8.55. The first-order valence-corrected chi connectivity index (χ1v) is 12.1. The third-order valence-corrected chi connectivity index (χ3v) is 6.46. The fraction of sp³-hybridized carbons (Fsp3) is 0.182. The number of aromatic amines is 1. The number of nitrogens with zero attached hydrogens (tertiary/aromatic N) is 2. The second-order valence-corrected chi connectivity index (χ2v) is 10.0. The van der Waals surface area contributed by atoms with E-state index in [1.54, 1.807) is 6.92 Å². The highest BCUT2D eigenvalue weighted by Crippen LogP contribution is 2.33. The van der Waals surface area contributed by atoms with Crippen LogP contribution in [0.1, 0.15) is 28.7 Å². The normalized spacial score (nSPS) is 13.3. The number of benzene rings is 2. The van der Waals surface area contributed by atoms with Gasteiger partial charge in [0.05, 0.1) is 21.8 Å². The zero-order chi connectivity index (χ0) is 24.8. The van der Waals surface area contributed by atoms with Crippen molar-refractivity contribution in [2.45, 2.75) is 24.2 Å². The van der Waals surface area contributed by atoms with Crippen molar-refractivity contribution in [3.63, 3.8) is 0 Å². The monoisotopic (exact) mass is 512 g/mol. The number of sulfone groups is 1. The van der Waals surface area contributed by atoms with Crippen LogP contribution in [0.2, 0.25) is 5.02 Å². The van der Waals surface area contributed by atoms with Crippen LogP contribution in [-0.4, -0.2) is 29.6 Å². The van der Waals surface area contributed by atoms with Crippen molar-refractivity contribution in [1.82, 2.24) is 15.0 Å². The average Bonchev–Trinajstić information content (AvgIpc) is 3.15. The Balaban J connectivity index is 1.78. The number of imidazole rings is 1. The molecule has 2 N–H and O–H groups in total. The quantitative estimate of drug-likeness (QED) is 0.336. The number of nitrogens with one attached hydrogen (secondary N) is 2. The molecule has 0 aliphatic carbocycles. The Morgan fingerprint density at radius 1 is 1.06 bits per heavy atom. The topological polar surface area (TPSA) is 87.7 Å². The van der Waals surface area contributed by atoms with E-state index in [2.05, 4.69) is 20.3 Å². The number of H-pyrrole nitrogens is 1. The molecule has 0 radical (unpaired) electrons. The summed E-state index contributed by atoms with van der Waals surface area (Å²) in [6.45, 7) is 1.55. The van der Waals surface area contributed by atoms with Gasteiger partial charge in [-0.1, -0.05) is 17.7 Å². The van der Waals surface area contributed by atoms with Crippen LogP contribution in [0.4, 0.5) is 23.4 Å². The van der Waals surface area contributed by atoms with Crippen molar-refractivity contribution in [2.75, 3.05) is 11.6 Å². The van der Waals surface area contributed by atoms with Gasteiger partial charge >= 0.3 is 6.18 Å². The van der Waals surface area contributed by atoms with Gasteiger partial charge in [0.2, 0.25) is 0 Å². The van der Waals surface area contributed by atoms with Gasteiger partial charge in [-0.25, -0.2) is 22.8 Å². The molecule has 178 valence electrons. The van der Waals surface area contributed by atoms with Crippen molar-refractivity contribution >= 4 is 38.2 Å². The lowest BCUT2D eigenvalue weighted by molar-refractivity contribution is -0.137. The maximum Gasteiger partial charge on any atom is 0.416 e. The zero-order valence-electron chi connectivity index (χ0n) is 17.7. The van der Waals surface area contributed by atoms with Gasteiger partial charge in [0, 0.05) is 11.6 Å². The van der Waals surface area contributed by atoms with Gasteiger partial charge in [-0.15, -0.1) is 0 Å². The number of aromatic nitrogens is 3. The number of pyridine rings is 1. The molecule has 0 fully saturated rings. The summed E-state index contributed by atoms with van der Waals surface area (Å²) in [5.74, 6) is -0.163. The molecule has 0 saturated heterocycles. The van der Waals surface area contributed by atoms with E-state index in [1.807, 2.05) is 0 Å². The number of rotatable bonds is 5. The molecule has 0 spiro atoms. The molecule has 6 nitrogen and oxygen atoms in total. The largest absolute Gasteiger partial charge is 0.416 e. The van der Waals surface area contributed by atoms with Crippen LogP contribution < -0.4 is 5.32 Å². The molecular weight excluding hydrogens is 496 g/mol. The first kappa shape index (κ1) is 24.0. The van der Waals surface area contributed by atoms with Crippen LogP contribution >= 0.6 is 11.6 Å². The van der Waals surface area contributed by atoms with E-state index in [9.17, 15) is 26.0 Å². The molecule has 0 saturated carbocycles. The van der Waals surface area contributed by atoms with Crippen LogP contribution in [0.15, 0.2) is 53.6 Å². The first-order chi connectivity index (χ1) is 15.8. The summed E-state index contributed by atoms with van der Waals surface area (Å²) >= 11 is 5.95. The lowest BCUT2D eigenvalue weighted by Gasteiger charge is -2.19. The summed E-state index contributed by atoms with van der Waals surface area (Å²) in [6, 6.07) is 9.29. The summed E-state index contributed by atoms with van der Waals surface area (Å²) in [6.07, 6.45) is -3.45. The molecule has 12 heteroatoms. The highest BCUT2D eigenvalue weighted by Gasteiger charge is 2.30. The molecule has 0 amide bonds. The highest BCUT2D eigenvalue weighted by atomic mass is 35.5. The maximum absolute atomic E-state index is 13.8. The zero-order valence-corrected chi connectivity index (χ0v) is 19.3. The van der Waals surface area contributed by atoms with Gasteiger partial charge in [-0.2, -0.15) is 13.2 Å². The maximum atomic E-state index is 13.8. The summed E-state index contributed by atoms with van der Waals surface area (Å²) in [7, 11) is -3.62. The minimum absolute atomic E-state index is 0.145. The number of halogens is 5. The third kappa shape index (κ3) is 4.85. The molecule has 4 rings (SSSR count). The minimum Gasteiger partial charge on any atom is -0.356 e. The Kier molecular flexibility index (Phi) is 6.03. The molecule has 2 heterocycles. The number of fused-ring (bicyclic) bond motifs is 1. The van der Waals surface area contributed by atoms with Crippen LogP contribution in [-0.2, 0) is 16.0 Å². The van der Waals surface area contributed by atoms with Gasteiger partial charge in [-0.05, 0) is 55.0 Å². The van der Waals surface area contributed by atoms with E-state index >= 15 is 0 Å². The molecule has 1 unspecified atom stereocenters. The van der Waals surface area contributed by atoms with Crippen molar-refractivity contribution in [1.29, 1.82) is 0 Å². The molecule has 0 aliphatic rings. The van der Waals surface area contributed by atoms with Crippen LogP contribution in [0, 0.1) is 12.7 Å². The molecule has 2 aromatic carbocycles. The van der Waals surface area contributed by atoms with E-state index < -0.39 is 33.4 Å². The van der Waals surface area contributed by atoms with Gasteiger partial charge < -0.3 is 10.3 Å². The predicted molar refractivity (Wildman–Crippen MR) is 120 cm³/mol. The summed E-state index contributed by atoms with van der Waals surface area (Å²) in [5.41, 5.74) is 0.278. The van der Waals surface area contributed by atoms with Gasteiger partial charge in [0.25, 0.3) is 0 Å². The standard InChI is InChI=1S/C22H17ClF4N4O2S/c1-11-21(34(2,32)33)31-20(28-11)19(13-3-6-16(24)15(23)10-13)30-18-8-4-12-9-14(22(25,26)27)5-7-17(12)29-18/h3-10,19H,1-2H3,(H,28,31)(H,29,30). The second-order valence-electron chi connectivity index (χ2n) is 7.68. The minimum atomic E-state index is -4.48. The number of hydrogen-bond acceptors (Lipinski definition) is 5. The molecular formula is C22H17ClF4N4O2S. The van der Waals surface area contributed by atoms with E-state index in [0.717, 1.165) is 24.5 Å². The van der Waals surface area contributed by atoms with Crippen molar-refractivity contribution in [3.05, 3.63) is 82.0 Å². The summed E-state index contributed by atoms with van der Waals surface area (Å²) in [5, 5.41) is 3.08. The molecule has 4 aromatic rings. The molecule has 0 aliphatic heterocycles. The smallest absolute Gasteiger partial charge is 0.356 e. The fourth-order valence-corrected chi connectivity index (χ4v) is 4.56. The summed E-state index contributed by atoms with van der Waals surface area (Å²) < 4.78 is 76.9. The highest BCUT2D eigenvalue weighted by molar-refractivity contribution is 7.90. The fourth-order valence-electron chi connectivity index (χ4n) is 3.50. The molecule has 1 atom stereocenters. The van der Waals surface area contributed by atoms with E-state index in [1.165, 1.54) is 30.3 Å². The Morgan fingerprint density at radius 2 is 1.79 bits per heavy atom. The first-order valence-electron chi connectivity index (χ1n) is 9.79. The Bertz CT molecular complexity index is 1500. The van der Waals surface area contributed by atoms with Gasteiger partial charge in [0.15, 0.2) is 14.9 Å². The molecule has 2 aromatic heterocycles. The van der Waals surface area contributed by atoms with Crippen molar-refractivity contribution in [2.24, 2.45) is 0 Å². The Morgan fingerprint density at radius 3 is 2.41 bits per heavy atom. The summed E-state index contributed by atoms with van der Waals surface area (Å²) in [4.78, 5) is 11.5. The van der Waals surface area contributed by atoms with E-state index in [0.29, 0.717) is 16.8 Å². The van der Waals surface area contributed by atoms with Crippen molar-refractivity contribution in [3.8, 4) is 0 Å². The van der Waals surface area contributed by atoms with Crippen LogP contribution in [0.3, 0.4) is 0 Å². The van der Waals surface area contributed by atoms with E-state index in [-0.39, 0.29) is 27.1 Å². The lowest BCUT2D eigenvalue weighted by atomic mass is 10.1. The predicted octanol–water partition coefficient (Wildman–Crippen LogP) is 5.68. The number of anilines is 1. The van der Waals surface area contributed by atoms with Crippen LogP contribution in [0.5, 0.6) is 0 Å².